The quantitative estimate of drug-likeness (QED) is 0.586. The minimum atomic E-state index is -0.873. The van der Waals surface area contributed by atoms with Crippen LogP contribution in [0.25, 0.3) is 10.8 Å². The van der Waals surface area contributed by atoms with Gasteiger partial charge in [-0.25, -0.2) is 0 Å². The Kier molecular flexibility index (Phi) is 6.61. The highest BCUT2D eigenvalue weighted by molar-refractivity contribution is 5.82. The van der Waals surface area contributed by atoms with Crippen LogP contribution in [0.5, 0.6) is 5.75 Å². The van der Waals surface area contributed by atoms with Gasteiger partial charge in [-0.3, -0.25) is 0 Å². The second-order valence-electron chi connectivity index (χ2n) is 9.00. The monoisotopic (exact) mass is 419 g/mol. The van der Waals surface area contributed by atoms with Gasteiger partial charge in [0.05, 0.1) is 25.4 Å². The van der Waals surface area contributed by atoms with Gasteiger partial charge in [-0.05, 0) is 73.5 Å². The van der Waals surface area contributed by atoms with E-state index >= 15 is 0 Å². The Labute approximate surface area is 185 Å². The number of fused-ring (bicyclic) bond motifs is 1. The van der Waals surface area contributed by atoms with E-state index in [0.717, 1.165) is 30.7 Å². The van der Waals surface area contributed by atoms with Crippen LogP contribution in [0.1, 0.15) is 30.4 Å². The zero-order valence-corrected chi connectivity index (χ0v) is 18.8. The van der Waals surface area contributed by atoms with E-state index in [9.17, 15) is 5.11 Å². The Bertz CT molecular complexity index is 1020. The van der Waals surface area contributed by atoms with E-state index in [1.165, 1.54) is 16.3 Å². The van der Waals surface area contributed by atoms with Crippen molar-refractivity contribution in [2.24, 2.45) is 5.92 Å². The maximum absolute atomic E-state index is 11.8. The summed E-state index contributed by atoms with van der Waals surface area (Å²) < 4.78 is 11.7. The summed E-state index contributed by atoms with van der Waals surface area (Å²) in [5.41, 5.74) is 1.25. The van der Waals surface area contributed by atoms with Gasteiger partial charge in [0.2, 0.25) is 0 Å². The van der Waals surface area contributed by atoms with Crippen molar-refractivity contribution in [2.45, 2.75) is 37.6 Å². The highest BCUT2D eigenvalue weighted by Gasteiger charge is 2.44. The second-order valence-corrected chi connectivity index (χ2v) is 9.00. The van der Waals surface area contributed by atoms with Crippen molar-refractivity contribution in [3.63, 3.8) is 0 Å². The lowest BCUT2D eigenvalue weighted by atomic mass is 9.70. The van der Waals surface area contributed by atoms with Gasteiger partial charge < -0.3 is 19.5 Å². The summed E-state index contributed by atoms with van der Waals surface area (Å²) in [6, 6.07) is 22.8. The molecule has 0 heterocycles. The average Bonchev–Trinajstić information content (AvgIpc) is 2.79. The van der Waals surface area contributed by atoms with Gasteiger partial charge in [-0.2, -0.15) is 0 Å². The van der Waals surface area contributed by atoms with Gasteiger partial charge >= 0.3 is 0 Å². The molecule has 164 valence electrons. The molecule has 3 aromatic rings. The van der Waals surface area contributed by atoms with Crippen LogP contribution in [0.3, 0.4) is 0 Å². The molecule has 0 radical (unpaired) electrons. The van der Waals surface area contributed by atoms with E-state index in [4.69, 9.17) is 9.47 Å². The molecule has 0 spiro atoms. The summed E-state index contributed by atoms with van der Waals surface area (Å²) in [4.78, 5) is 2.15. The maximum atomic E-state index is 11.8. The molecule has 4 nitrogen and oxygen atoms in total. The molecule has 31 heavy (non-hydrogen) atoms. The molecule has 1 fully saturated rings. The number of benzene rings is 3. The van der Waals surface area contributed by atoms with Crippen LogP contribution in [0.4, 0.5) is 0 Å². The molecule has 1 N–H and O–H groups in total. The first-order chi connectivity index (χ1) is 15.0. The van der Waals surface area contributed by atoms with Gasteiger partial charge in [0.1, 0.15) is 5.75 Å². The fourth-order valence-corrected chi connectivity index (χ4v) is 4.85. The molecule has 4 rings (SSSR count). The maximum Gasteiger partial charge on any atom is 0.119 e. The normalized spacial score (nSPS) is 23.9. The lowest BCUT2D eigenvalue weighted by molar-refractivity contribution is -0.110. The van der Waals surface area contributed by atoms with Gasteiger partial charge in [0.15, 0.2) is 0 Å². The predicted molar refractivity (Wildman–Crippen MR) is 125 cm³/mol. The molecule has 1 aliphatic rings. The summed E-state index contributed by atoms with van der Waals surface area (Å²) in [5.74, 6) is 0.870. The molecular weight excluding hydrogens is 386 g/mol. The zero-order valence-electron chi connectivity index (χ0n) is 18.8. The van der Waals surface area contributed by atoms with E-state index in [2.05, 4.69) is 61.5 Å². The fraction of sp³-hybridized carbons (Fsp3) is 0.407. The van der Waals surface area contributed by atoms with Crippen LogP contribution in [0, 0.1) is 5.92 Å². The number of methoxy groups -OCH3 is 1. The summed E-state index contributed by atoms with van der Waals surface area (Å²) in [6.45, 7) is 1.41. The van der Waals surface area contributed by atoms with E-state index < -0.39 is 5.60 Å². The molecule has 0 aromatic heterocycles. The Morgan fingerprint density at radius 1 is 1.00 bits per heavy atom. The molecule has 1 saturated carbocycles. The van der Waals surface area contributed by atoms with Gasteiger partial charge in [-0.1, -0.05) is 48.5 Å². The number of rotatable bonds is 7. The van der Waals surface area contributed by atoms with E-state index in [0.29, 0.717) is 13.0 Å². The van der Waals surface area contributed by atoms with Gasteiger partial charge in [0.25, 0.3) is 0 Å². The number of nitrogens with zero attached hydrogens (tertiary/aromatic N) is 1. The van der Waals surface area contributed by atoms with Crippen molar-refractivity contribution in [1.82, 2.24) is 4.90 Å². The topological polar surface area (TPSA) is 41.9 Å². The third kappa shape index (κ3) is 4.93. The Balaban J connectivity index is 1.47. The van der Waals surface area contributed by atoms with Crippen LogP contribution in [-0.2, 0) is 16.9 Å². The van der Waals surface area contributed by atoms with Gasteiger partial charge in [0, 0.05) is 12.5 Å². The summed E-state index contributed by atoms with van der Waals surface area (Å²) in [6.07, 6.45) is 2.49. The SMILES string of the molecule is COc1cccc(C2(O)CCC(OCc3ccc4ccccc4c3)CC2CN(C)C)c1. The molecule has 0 aliphatic heterocycles. The molecule has 3 unspecified atom stereocenters. The Hall–Kier alpha value is -2.40. The summed E-state index contributed by atoms with van der Waals surface area (Å²) in [5, 5.41) is 14.2. The zero-order chi connectivity index (χ0) is 21.8. The van der Waals surface area contributed by atoms with Crippen LogP contribution in [-0.4, -0.2) is 43.9 Å². The van der Waals surface area contributed by atoms with E-state index in [1.54, 1.807) is 7.11 Å². The average molecular weight is 420 g/mol. The van der Waals surface area contributed by atoms with E-state index in [-0.39, 0.29) is 12.0 Å². The molecule has 1 aliphatic carbocycles. The van der Waals surface area contributed by atoms with Crippen LogP contribution < -0.4 is 4.74 Å². The lowest BCUT2D eigenvalue weighted by Crippen LogP contribution is -2.46. The molecule has 0 amide bonds. The first-order valence-corrected chi connectivity index (χ1v) is 11.1. The Morgan fingerprint density at radius 3 is 2.58 bits per heavy atom. The van der Waals surface area contributed by atoms with Crippen molar-refractivity contribution < 1.29 is 14.6 Å². The third-order valence-corrected chi connectivity index (χ3v) is 6.52. The first kappa shape index (κ1) is 21.8. The molecule has 4 heteroatoms. The first-order valence-electron chi connectivity index (χ1n) is 11.1. The molecule has 3 atom stereocenters. The summed E-state index contributed by atoms with van der Waals surface area (Å²) >= 11 is 0. The van der Waals surface area contributed by atoms with Crippen molar-refractivity contribution in [3.05, 3.63) is 77.9 Å². The van der Waals surface area contributed by atoms with Crippen molar-refractivity contribution in [3.8, 4) is 5.75 Å². The molecule has 0 saturated heterocycles. The van der Waals surface area contributed by atoms with Crippen molar-refractivity contribution in [2.75, 3.05) is 27.7 Å². The van der Waals surface area contributed by atoms with Crippen LogP contribution >= 0.6 is 0 Å². The highest BCUT2D eigenvalue weighted by atomic mass is 16.5. The van der Waals surface area contributed by atoms with Crippen LogP contribution in [0.2, 0.25) is 0 Å². The second kappa shape index (κ2) is 9.39. The number of ether oxygens (including phenoxy) is 2. The smallest absolute Gasteiger partial charge is 0.119 e. The largest absolute Gasteiger partial charge is 0.497 e. The lowest BCUT2D eigenvalue weighted by Gasteiger charge is -2.44. The minimum absolute atomic E-state index is 0.0879. The van der Waals surface area contributed by atoms with Crippen molar-refractivity contribution in [1.29, 1.82) is 0 Å². The predicted octanol–water partition coefficient (Wildman–Crippen LogP) is 4.98. The van der Waals surface area contributed by atoms with Crippen molar-refractivity contribution >= 4 is 10.8 Å². The number of hydrogen-bond donors (Lipinski definition) is 1. The Morgan fingerprint density at radius 2 is 1.81 bits per heavy atom. The van der Waals surface area contributed by atoms with Gasteiger partial charge in [-0.15, -0.1) is 0 Å². The molecule has 3 aromatic carbocycles. The number of aliphatic hydroxyl groups is 1. The fourth-order valence-electron chi connectivity index (χ4n) is 4.85. The molecular formula is C27H33NO3. The molecule has 0 bridgehead atoms. The highest BCUT2D eigenvalue weighted by Crippen LogP contribution is 2.43. The number of hydrogen-bond acceptors (Lipinski definition) is 4. The summed E-state index contributed by atoms with van der Waals surface area (Å²) in [7, 11) is 5.79. The third-order valence-electron chi connectivity index (χ3n) is 6.52. The standard InChI is InChI=1S/C27H33NO3/c1-28(2)18-24-17-26(13-14-27(24,29)23-9-6-10-25(16-23)30-3)31-19-20-11-12-21-7-4-5-8-22(21)15-20/h4-12,15-16,24,26,29H,13-14,17-19H2,1-3H3. The van der Waals surface area contributed by atoms with Crippen LogP contribution in [0.15, 0.2) is 66.7 Å². The minimum Gasteiger partial charge on any atom is -0.497 e. The van der Waals surface area contributed by atoms with E-state index in [1.807, 2.05) is 24.3 Å².